The zero-order chi connectivity index (χ0) is 21.3. The number of benzene rings is 2. The number of nitrogens with one attached hydrogen (secondary N) is 1. The third-order valence-electron chi connectivity index (χ3n) is 5.77. The van der Waals surface area contributed by atoms with Crippen molar-refractivity contribution in [3.63, 3.8) is 0 Å². The smallest absolute Gasteiger partial charge is 0.253 e. The maximum atomic E-state index is 12.9. The highest BCUT2D eigenvalue weighted by molar-refractivity contribution is 7.89. The van der Waals surface area contributed by atoms with E-state index in [0.717, 1.165) is 24.1 Å². The molecule has 0 aliphatic carbocycles. The lowest BCUT2D eigenvalue weighted by Gasteiger charge is -2.32. The highest BCUT2D eigenvalue weighted by atomic mass is 32.2. The van der Waals surface area contributed by atoms with Crippen molar-refractivity contribution in [3.05, 3.63) is 65.4 Å². The van der Waals surface area contributed by atoms with Gasteiger partial charge in [-0.2, -0.15) is 0 Å². The average Bonchev–Trinajstić information content (AvgIpc) is 3.16. The van der Waals surface area contributed by atoms with E-state index in [4.69, 9.17) is 4.74 Å². The van der Waals surface area contributed by atoms with Gasteiger partial charge in [0.15, 0.2) is 9.84 Å². The molecule has 1 amide bonds. The lowest BCUT2D eigenvalue weighted by Crippen LogP contribution is -2.37. The Bertz CT molecular complexity index is 1160. The number of amides is 1. The van der Waals surface area contributed by atoms with Crippen molar-refractivity contribution >= 4 is 26.6 Å². The molecular formula is C23H26N2O4S. The summed E-state index contributed by atoms with van der Waals surface area (Å²) in [6, 6.07) is 12.9. The van der Waals surface area contributed by atoms with Gasteiger partial charge >= 0.3 is 0 Å². The number of piperidine rings is 1. The molecule has 1 saturated heterocycles. The first-order chi connectivity index (χ1) is 14.3. The van der Waals surface area contributed by atoms with E-state index in [1.54, 1.807) is 31.4 Å². The number of carbonyl (C=O) groups is 1. The van der Waals surface area contributed by atoms with Gasteiger partial charge in [0.05, 0.1) is 12.9 Å². The van der Waals surface area contributed by atoms with Crippen LogP contribution >= 0.6 is 0 Å². The molecule has 3 aromatic rings. The minimum atomic E-state index is -3.08. The van der Waals surface area contributed by atoms with Crippen LogP contribution in [0.2, 0.25) is 0 Å². The van der Waals surface area contributed by atoms with Crippen molar-refractivity contribution < 1.29 is 17.9 Å². The molecule has 1 aromatic heterocycles. The average molecular weight is 427 g/mol. The number of hydrogen-bond acceptors (Lipinski definition) is 4. The summed E-state index contributed by atoms with van der Waals surface area (Å²) in [6.45, 7) is 1.40. The molecule has 1 aliphatic rings. The van der Waals surface area contributed by atoms with Gasteiger partial charge in [0.2, 0.25) is 0 Å². The van der Waals surface area contributed by atoms with Crippen LogP contribution in [-0.2, 0) is 15.6 Å². The third-order valence-corrected chi connectivity index (χ3v) is 6.63. The summed E-state index contributed by atoms with van der Waals surface area (Å²) in [5, 5.41) is 1.18. The predicted octanol–water partition coefficient (Wildman–Crippen LogP) is 3.74. The van der Waals surface area contributed by atoms with E-state index in [1.165, 1.54) is 17.2 Å². The summed E-state index contributed by atoms with van der Waals surface area (Å²) >= 11 is 0. The van der Waals surface area contributed by atoms with Gasteiger partial charge in [-0.15, -0.1) is 0 Å². The number of nitrogens with zero attached hydrogens (tertiary/aromatic N) is 1. The molecule has 4 rings (SSSR count). The van der Waals surface area contributed by atoms with Gasteiger partial charge in [-0.3, -0.25) is 4.79 Å². The molecule has 6 nitrogen and oxygen atoms in total. The number of methoxy groups -OCH3 is 1. The fourth-order valence-corrected chi connectivity index (χ4v) is 5.01. The van der Waals surface area contributed by atoms with E-state index < -0.39 is 9.84 Å². The lowest BCUT2D eigenvalue weighted by atomic mass is 9.89. The molecule has 158 valence electrons. The van der Waals surface area contributed by atoms with Crippen LogP contribution in [0.5, 0.6) is 5.75 Å². The lowest BCUT2D eigenvalue weighted by molar-refractivity contribution is 0.0713. The molecule has 1 N–H and O–H groups in total. The van der Waals surface area contributed by atoms with Gasteiger partial charge in [-0.1, -0.05) is 12.1 Å². The Morgan fingerprint density at radius 1 is 1.13 bits per heavy atom. The van der Waals surface area contributed by atoms with Crippen LogP contribution in [0.25, 0.3) is 10.9 Å². The Balaban J connectivity index is 1.42. The normalized spacial score (nSPS) is 15.5. The topological polar surface area (TPSA) is 79.5 Å². The van der Waals surface area contributed by atoms with Gasteiger partial charge in [0.1, 0.15) is 5.75 Å². The maximum Gasteiger partial charge on any atom is 0.253 e. The number of likely N-dealkylation sites (tertiary alicyclic amines) is 1. The van der Waals surface area contributed by atoms with Crippen LogP contribution in [0.3, 0.4) is 0 Å². The van der Waals surface area contributed by atoms with E-state index in [2.05, 4.69) is 17.2 Å². The van der Waals surface area contributed by atoms with Gasteiger partial charge in [-0.05, 0) is 60.2 Å². The number of sulfone groups is 1. The minimum Gasteiger partial charge on any atom is -0.497 e. The maximum absolute atomic E-state index is 12.9. The van der Waals surface area contributed by atoms with Crippen LogP contribution in [0, 0.1) is 0 Å². The summed E-state index contributed by atoms with van der Waals surface area (Å²) in [5.41, 5.74) is 3.67. The third kappa shape index (κ3) is 4.36. The van der Waals surface area contributed by atoms with Crippen molar-refractivity contribution in [2.45, 2.75) is 24.5 Å². The highest BCUT2D eigenvalue weighted by Crippen LogP contribution is 2.35. The zero-order valence-electron chi connectivity index (χ0n) is 17.2. The molecule has 0 radical (unpaired) electrons. The molecule has 0 atom stereocenters. The van der Waals surface area contributed by atoms with E-state index in [-0.39, 0.29) is 11.7 Å². The molecule has 7 heteroatoms. The van der Waals surface area contributed by atoms with Crippen molar-refractivity contribution in [3.8, 4) is 5.75 Å². The monoisotopic (exact) mass is 426 g/mol. The van der Waals surface area contributed by atoms with Gasteiger partial charge < -0.3 is 14.6 Å². The first-order valence-electron chi connectivity index (χ1n) is 10.0. The molecule has 0 saturated carbocycles. The molecule has 0 spiro atoms. The summed E-state index contributed by atoms with van der Waals surface area (Å²) in [5.74, 6) is 1.23. The van der Waals surface area contributed by atoms with Crippen LogP contribution in [0.1, 0.15) is 40.2 Å². The second-order valence-corrected chi connectivity index (χ2v) is 10.1. The van der Waals surface area contributed by atoms with E-state index in [1.807, 2.05) is 17.0 Å². The Kier molecular flexibility index (Phi) is 5.56. The summed E-state index contributed by atoms with van der Waals surface area (Å²) in [4.78, 5) is 18.1. The Morgan fingerprint density at radius 2 is 1.83 bits per heavy atom. The van der Waals surface area contributed by atoms with Crippen LogP contribution in [0.4, 0.5) is 0 Å². The molecular weight excluding hydrogens is 400 g/mol. The number of rotatable bonds is 5. The van der Waals surface area contributed by atoms with Crippen molar-refractivity contribution in [1.29, 1.82) is 0 Å². The Labute approximate surface area is 176 Å². The molecule has 0 unspecified atom stereocenters. The highest BCUT2D eigenvalue weighted by Gasteiger charge is 2.26. The van der Waals surface area contributed by atoms with Crippen LogP contribution < -0.4 is 4.74 Å². The number of carbonyl (C=O) groups excluding carboxylic acids is 1. The van der Waals surface area contributed by atoms with E-state index in [9.17, 15) is 13.2 Å². The fourth-order valence-electron chi connectivity index (χ4n) is 4.21. The molecule has 1 aliphatic heterocycles. The van der Waals surface area contributed by atoms with E-state index in [0.29, 0.717) is 30.1 Å². The van der Waals surface area contributed by atoms with Crippen LogP contribution in [-0.4, -0.2) is 50.7 Å². The van der Waals surface area contributed by atoms with Crippen LogP contribution in [0.15, 0.2) is 48.7 Å². The summed E-state index contributed by atoms with van der Waals surface area (Å²) in [7, 11) is -1.41. The van der Waals surface area contributed by atoms with Crippen molar-refractivity contribution in [2.24, 2.45) is 0 Å². The van der Waals surface area contributed by atoms with E-state index >= 15 is 0 Å². The molecule has 1 fully saturated rings. The molecule has 0 bridgehead atoms. The first-order valence-corrected chi connectivity index (χ1v) is 12.1. The van der Waals surface area contributed by atoms with Crippen molar-refractivity contribution in [2.75, 3.05) is 26.5 Å². The number of aromatic nitrogens is 1. The standard InChI is InChI=1S/C23H26N2O4S/c1-29-19-7-8-22-20(13-19)21(14-24-22)17-9-11-25(12-10-17)23(26)18-5-3-16(4-6-18)15-30(2,27)28/h3-8,13-14,17,24H,9-12,15H2,1-2H3. The number of ether oxygens (including phenoxy) is 1. The molecule has 2 aromatic carbocycles. The predicted molar refractivity (Wildman–Crippen MR) is 118 cm³/mol. The Hall–Kier alpha value is -2.80. The number of hydrogen-bond donors (Lipinski definition) is 1. The second-order valence-electron chi connectivity index (χ2n) is 7.99. The number of aromatic amines is 1. The van der Waals surface area contributed by atoms with Gasteiger partial charge in [0.25, 0.3) is 5.91 Å². The summed E-state index contributed by atoms with van der Waals surface area (Å²) in [6.07, 6.45) is 5.09. The molecule has 2 heterocycles. The largest absolute Gasteiger partial charge is 0.497 e. The summed E-state index contributed by atoms with van der Waals surface area (Å²) < 4.78 is 28.2. The fraction of sp³-hybridized carbons (Fsp3) is 0.348. The number of H-pyrrole nitrogens is 1. The first kappa shape index (κ1) is 20.5. The van der Waals surface area contributed by atoms with Gasteiger partial charge in [0, 0.05) is 42.0 Å². The Morgan fingerprint density at radius 3 is 2.47 bits per heavy atom. The quantitative estimate of drug-likeness (QED) is 0.674. The van der Waals surface area contributed by atoms with Crippen molar-refractivity contribution in [1.82, 2.24) is 9.88 Å². The second kappa shape index (κ2) is 8.14. The minimum absolute atomic E-state index is 0.0000449. The zero-order valence-corrected chi connectivity index (χ0v) is 18.0. The molecule has 30 heavy (non-hydrogen) atoms. The SMILES string of the molecule is COc1ccc2[nH]cc(C3CCN(C(=O)c4ccc(CS(C)(=O)=O)cc4)CC3)c2c1. The number of fused-ring (bicyclic) bond motifs is 1. The van der Waals surface area contributed by atoms with Gasteiger partial charge in [-0.25, -0.2) is 8.42 Å².